The molecule has 0 spiro atoms. The lowest BCUT2D eigenvalue weighted by Crippen LogP contribution is -2.33. The molecule has 1 amide bonds. The first kappa shape index (κ1) is 30.3. The van der Waals surface area contributed by atoms with Crippen LogP contribution in [0.4, 0.5) is 5.69 Å². The van der Waals surface area contributed by atoms with Crippen LogP contribution in [0.1, 0.15) is 39.1 Å². The Morgan fingerprint density at radius 3 is 1.95 bits per heavy atom. The molecule has 4 rings (SSSR count). The largest absolute Gasteiger partial charge is 0.384 e. The predicted molar refractivity (Wildman–Crippen MR) is 166 cm³/mol. The van der Waals surface area contributed by atoms with Crippen LogP contribution in [0.2, 0.25) is 0 Å². The number of primary amides is 1. The number of benzene rings is 3. The SMILES string of the molecule is Cc1c(CC(N)=O)c(CCc2ccccc2)c(NS(=O)(=O)Cc2ccccc2)c(=O)n1CCc1ccc(C(=N)N)cc1. The minimum absolute atomic E-state index is 0.0387. The fourth-order valence-corrected chi connectivity index (χ4v) is 6.22. The second-order valence-electron chi connectivity index (χ2n) is 10.2. The average Bonchev–Trinajstić information content (AvgIpc) is 2.96. The number of nitrogens with one attached hydrogen (secondary N) is 2. The van der Waals surface area contributed by atoms with Gasteiger partial charge < -0.3 is 16.0 Å². The summed E-state index contributed by atoms with van der Waals surface area (Å²) < 4.78 is 30.8. The maximum absolute atomic E-state index is 14.0. The quantitative estimate of drug-likeness (QED) is 0.139. The summed E-state index contributed by atoms with van der Waals surface area (Å²) in [6.45, 7) is 2.00. The van der Waals surface area contributed by atoms with Gasteiger partial charge >= 0.3 is 0 Å². The van der Waals surface area contributed by atoms with Gasteiger partial charge in [-0.25, -0.2) is 8.42 Å². The van der Waals surface area contributed by atoms with Gasteiger partial charge in [-0.05, 0) is 54.0 Å². The molecule has 218 valence electrons. The van der Waals surface area contributed by atoms with Gasteiger partial charge in [0, 0.05) is 17.8 Å². The van der Waals surface area contributed by atoms with Crippen LogP contribution in [-0.2, 0) is 52.8 Å². The number of pyridine rings is 1. The monoisotopic (exact) mass is 585 g/mol. The molecule has 1 aromatic heterocycles. The number of hydrogen-bond acceptors (Lipinski definition) is 5. The van der Waals surface area contributed by atoms with Crippen LogP contribution < -0.4 is 21.7 Å². The topological polar surface area (TPSA) is 161 Å². The van der Waals surface area contributed by atoms with Crippen molar-refractivity contribution in [2.24, 2.45) is 11.5 Å². The van der Waals surface area contributed by atoms with E-state index in [9.17, 15) is 18.0 Å². The van der Waals surface area contributed by atoms with E-state index in [0.29, 0.717) is 47.2 Å². The lowest BCUT2D eigenvalue weighted by Gasteiger charge is -2.22. The molecule has 0 aliphatic rings. The van der Waals surface area contributed by atoms with Gasteiger partial charge in [0.15, 0.2) is 0 Å². The Hall–Kier alpha value is -4.70. The van der Waals surface area contributed by atoms with Crippen molar-refractivity contribution >= 4 is 27.5 Å². The van der Waals surface area contributed by atoms with Crippen LogP contribution in [0.5, 0.6) is 0 Å². The molecular formula is C32H35N5O4S. The summed E-state index contributed by atoms with van der Waals surface area (Å²) >= 11 is 0. The molecule has 1 heterocycles. The Morgan fingerprint density at radius 2 is 1.38 bits per heavy atom. The third kappa shape index (κ3) is 7.73. The number of anilines is 1. The number of amidine groups is 1. The van der Waals surface area contributed by atoms with Crippen LogP contribution in [0.25, 0.3) is 0 Å². The number of nitrogens with two attached hydrogens (primary N) is 2. The summed E-state index contributed by atoms with van der Waals surface area (Å²) in [5.41, 5.74) is 15.3. The van der Waals surface area contributed by atoms with E-state index < -0.39 is 21.5 Å². The number of aryl methyl sites for hydroxylation is 2. The zero-order valence-corrected chi connectivity index (χ0v) is 24.3. The van der Waals surface area contributed by atoms with E-state index in [1.165, 1.54) is 4.57 Å². The molecule has 9 nitrogen and oxygen atoms in total. The smallest absolute Gasteiger partial charge is 0.275 e. The van der Waals surface area contributed by atoms with Crippen LogP contribution in [0.15, 0.2) is 89.7 Å². The molecule has 0 aliphatic heterocycles. The van der Waals surface area contributed by atoms with Crippen molar-refractivity contribution in [3.8, 4) is 0 Å². The second kappa shape index (κ2) is 13.3. The van der Waals surface area contributed by atoms with Crippen molar-refractivity contribution in [3.63, 3.8) is 0 Å². The zero-order chi connectivity index (χ0) is 30.3. The lowest BCUT2D eigenvalue weighted by molar-refractivity contribution is -0.117. The summed E-state index contributed by atoms with van der Waals surface area (Å²) in [6, 6.07) is 25.5. The zero-order valence-electron chi connectivity index (χ0n) is 23.5. The van der Waals surface area contributed by atoms with Crippen LogP contribution in [-0.4, -0.2) is 24.7 Å². The van der Waals surface area contributed by atoms with Gasteiger partial charge in [-0.1, -0.05) is 84.9 Å². The highest BCUT2D eigenvalue weighted by molar-refractivity contribution is 7.91. The van der Waals surface area contributed by atoms with Crippen LogP contribution in [0.3, 0.4) is 0 Å². The van der Waals surface area contributed by atoms with Gasteiger partial charge in [-0.15, -0.1) is 0 Å². The molecule has 42 heavy (non-hydrogen) atoms. The van der Waals surface area contributed by atoms with E-state index in [0.717, 1.165) is 11.1 Å². The molecule has 0 saturated heterocycles. The van der Waals surface area contributed by atoms with E-state index in [1.54, 1.807) is 49.4 Å². The summed E-state index contributed by atoms with van der Waals surface area (Å²) in [4.78, 5) is 26.2. The first-order chi connectivity index (χ1) is 20.0. The van der Waals surface area contributed by atoms with Crippen molar-refractivity contribution in [2.45, 2.75) is 44.9 Å². The maximum Gasteiger partial charge on any atom is 0.275 e. The first-order valence-electron chi connectivity index (χ1n) is 13.6. The molecule has 0 aliphatic carbocycles. The summed E-state index contributed by atoms with van der Waals surface area (Å²) in [5.74, 6) is -0.933. The van der Waals surface area contributed by atoms with Gasteiger partial charge in [-0.3, -0.25) is 19.7 Å². The standard InChI is InChI=1S/C32H35N5O4S/c1-22-28(20-29(33)38)27(17-14-23-8-4-2-5-9-23)30(36-42(40,41)21-25-10-6-3-7-11-25)32(39)37(22)19-18-24-12-15-26(16-13-24)31(34)35/h2-13,15-16,36H,14,17-21H2,1H3,(H2,33,38)(H3,34,35). The fraction of sp³-hybridized carbons (Fsp3) is 0.219. The summed E-state index contributed by atoms with van der Waals surface area (Å²) in [6.07, 6.45) is 1.18. The molecule has 4 aromatic rings. The molecular weight excluding hydrogens is 550 g/mol. The number of hydrogen-bond donors (Lipinski definition) is 4. The van der Waals surface area contributed by atoms with E-state index in [4.69, 9.17) is 16.9 Å². The molecule has 0 saturated carbocycles. The lowest BCUT2D eigenvalue weighted by atomic mass is 9.95. The van der Waals surface area contributed by atoms with E-state index in [1.807, 2.05) is 42.5 Å². The third-order valence-corrected chi connectivity index (χ3v) is 8.40. The number of aromatic nitrogens is 1. The number of sulfonamides is 1. The van der Waals surface area contributed by atoms with Crippen molar-refractivity contribution in [1.29, 1.82) is 5.41 Å². The normalized spacial score (nSPS) is 11.3. The molecule has 0 radical (unpaired) electrons. The number of carbonyl (C=O) groups is 1. The van der Waals surface area contributed by atoms with Crippen molar-refractivity contribution < 1.29 is 13.2 Å². The Balaban J connectivity index is 1.78. The van der Waals surface area contributed by atoms with Crippen molar-refractivity contribution in [1.82, 2.24) is 4.57 Å². The fourth-order valence-electron chi connectivity index (χ4n) is 5.00. The van der Waals surface area contributed by atoms with Gasteiger partial charge in [0.1, 0.15) is 11.5 Å². The number of rotatable bonds is 13. The summed E-state index contributed by atoms with van der Waals surface area (Å²) in [7, 11) is -3.98. The highest BCUT2D eigenvalue weighted by Gasteiger charge is 2.24. The number of nitrogens with zero attached hydrogens (tertiary/aromatic N) is 1. The second-order valence-corrected chi connectivity index (χ2v) is 11.9. The number of carbonyl (C=O) groups excluding carboxylic acids is 1. The Bertz CT molecular complexity index is 1730. The Morgan fingerprint density at radius 1 is 0.810 bits per heavy atom. The van der Waals surface area contributed by atoms with Gasteiger partial charge in [0.05, 0.1) is 12.2 Å². The molecule has 0 atom stereocenters. The van der Waals surface area contributed by atoms with Crippen molar-refractivity contribution in [3.05, 3.63) is 134 Å². The number of amides is 1. The molecule has 3 aromatic carbocycles. The minimum atomic E-state index is -3.98. The Labute approximate surface area is 245 Å². The first-order valence-corrected chi connectivity index (χ1v) is 15.2. The van der Waals surface area contributed by atoms with E-state index >= 15 is 0 Å². The molecule has 0 unspecified atom stereocenters. The molecule has 6 N–H and O–H groups in total. The predicted octanol–water partition coefficient (Wildman–Crippen LogP) is 3.44. The van der Waals surface area contributed by atoms with E-state index in [-0.39, 0.29) is 30.2 Å². The Kier molecular flexibility index (Phi) is 9.59. The van der Waals surface area contributed by atoms with E-state index in [2.05, 4.69) is 4.72 Å². The highest BCUT2D eigenvalue weighted by Crippen LogP contribution is 2.25. The van der Waals surface area contributed by atoms with Crippen LogP contribution in [0, 0.1) is 12.3 Å². The number of nitrogen functional groups attached to an aromatic ring is 1. The van der Waals surface area contributed by atoms with Gasteiger partial charge in [0.2, 0.25) is 15.9 Å². The molecule has 10 heteroatoms. The average molecular weight is 586 g/mol. The summed E-state index contributed by atoms with van der Waals surface area (Å²) in [5, 5.41) is 7.59. The highest BCUT2D eigenvalue weighted by atomic mass is 32.2. The third-order valence-electron chi connectivity index (χ3n) is 7.17. The molecule has 0 bridgehead atoms. The molecule has 0 fully saturated rings. The van der Waals surface area contributed by atoms with Crippen LogP contribution >= 0.6 is 0 Å². The minimum Gasteiger partial charge on any atom is -0.384 e. The van der Waals surface area contributed by atoms with Gasteiger partial charge in [-0.2, -0.15) is 0 Å². The van der Waals surface area contributed by atoms with Gasteiger partial charge in [0.25, 0.3) is 5.56 Å². The maximum atomic E-state index is 14.0. The van der Waals surface area contributed by atoms with Crippen molar-refractivity contribution in [2.75, 3.05) is 4.72 Å².